The molecule has 1 N–H and O–H groups in total. The Balaban J connectivity index is 1.44. The Labute approximate surface area is 177 Å². The van der Waals surface area contributed by atoms with E-state index in [4.69, 9.17) is 0 Å². The van der Waals surface area contributed by atoms with E-state index in [1.54, 1.807) is 6.07 Å². The fraction of sp³-hybridized carbons (Fsp3) is 0.292. The van der Waals surface area contributed by atoms with Gasteiger partial charge in [0.15, 0.2) is 0 Å². The summed E-state index contributed by atoms with van der Waals surface area (Å²) in [7, 11) is -3.52. The first-order valence-corrected chi connectivity index (χ1v) is 11.7. The third kappa shape index (κ3) is 3.98. The van der Waals surface area contributed by atoms with Crippen LogP contribution in [0, 0.1) is 13.8 Å². The number of fused-ring (bicyclic) bond motifs is 1. The number of sulfonamides is 1. The zero-order valence-corrected chi connectivity index (χ0v) is 18.1. The van der Waals surface area contributed by atoms with Crippen molar-refractivity contribution in [1.82, 2.24) is 9.62 Å². The van der Waals surface area contributed by atoms with Gasteiger partial charge in [-0.05, 0) is 55.2 Å². The van der Waals surface area contributed by atoms with Crippen LogP contribution in [-0.4, -0.2) is 37.8 Å². The molecule has 4 rings (SSSR count). The van der Waals surface area contributed by atoms with E-state index in [1.807, 2.05) is 68.4 Å². The largest absolute Gasteiger partial charge is 0.349 e. The summed E-state index contributed by atoms with van der Waals surface area (Å²) in [6.07, 6.45) is 1.20. The van der Waals surface area contributed by atoms with Crippen LogP contribution in [0.4, 0.5) is 0 Å². The molecule has 30 heavy (non-hydrogen) atoms. The Morgan fingerprint density at radius 1 is 0.967 bits per heavy atom. The number of carbonyl (C=O) groups excluding carboxylic acids is 1. The van der Waals surface area contributed by atoms with Crippen molar-refractivity contribution in [3.05, 3.63) is 77.4 Å². The topological polar surface area (TPSA) is 66.5 Å². The van der Waals surface area contributed by atoms with Gasteiger partial charge in [-0.2, -0.15) is 4.31 Å². The van der Waals surface area contributed by atoms with Crippen molar-refractivity contribution in [2.75, 3.05) is 13.1 Å². The standard InChI is InChI=1S/C24H26N2O3S/c1-17-10-11-23(18(2)16-17)30(28,29)26-14-12-20(13-15-26)25-24(27)22-9-5-7-19-6-3-4-8-21(19)22/h3-11,16,20H,12-15H2,1-2H3,(H,25,27). The fourth-order valence-electron chi connectivity index (χ4n) is 4.15. The van der Waals surface area contributed by atoms with E-state index < -0.39 is 10.0 Å². The Morgan fingerprint density at radius 2 is 1.67 bits per heavy atom. The van der Waals surface area contributed by atoms with Crippen LogP contribution in [0.5, 0.6) is 0 Å². The lowest BCUT2D eigenvalue weighted by Gasteiger charge is -2.32. The maximum absolute atomic E-state index is 13.1. The van der Waals surface area contributed by atoms with E-state index in [9.17, 15) is 13.2 Å². The molecule has 0 radical (unpaired) electrons. The second-order valence-corrected chi connectivity index (χ2v) is 9.85. The number of carbonyl (C=O) groups is 1. The Kier molecular flexibility index (Phi) is 5.62. The molecule has 3 aromatic carbocycles. The van der Waals surface area contributed by atoms with Crippen LogP contribution >= 0.6 is 0 Å². The van der Waals surface area contributed by atoms with Gasteiger partial charge in [-0.3, -0.25) is 4.79 Å². The van der Waals surface area contributed by atoms with Gasteiger partial charge in [0.2, 0.25) is 10.0 Å². The predicted octanol–water partition coefficient (Wildman–Crippen LogP) is 4.04. The molecular weight excluding hydrogens is 396 g/mol. The molecule has 0 aromatic heterocycles. The normalized spacial score (nSPS) is 15.9. The number of aryl methyl sites for hydroxylation is 2. The average molecular weight is 423 g/mol. The first-order valence-electron chi connectivity index (χ1n) is 10.2. The SMILES string of the molecule is Cc1ccc(S(=O)(=O)N2CCC(NC(=O)c3cccc4ccccc34)CC2)c(C)c1. The van der Waals surface area contributed by atoms with Crippen molar-refractivity contribution in [2.45, 2.75) is 37.6 Å². The fourth-order valence-corrected chi connectivity index (χ4v) is 5.83. The third-order valence-electron chi connectivity index (χ3n) is 5.77. The van der Waals surface area contributed by atoms with Crippen LogP contribution in [0.15, 0.2) is 65.6 Å². The lowest BCUT2D eigenvalue weighted by atomic mass is 10.0. The zero-order chi connectivity index (χ0) is 21.3. The third-order valence-corrected chi connectivity index (χ3v) is 7.83. The molecule has 5 nitrogen and oxygen atoms in total. The smallest absolute Gasteiger partial charge is 0.252 e. The highest BCUT2D eigenvalue weighted by molar-refractivity contribution is 7.89. The summed E-state index contributed by atoms with van der Waals surface area (Å²) in [5, 5.41) is 5.05. The minimum absolute atomic E-state index is 0.0398. The summed E-state index contributed by atoms with van der Waals surface area (Å²) in [5.74, 6) is -0.109. The Hall–Kier alpha value is -2.70. The van der Waals surface area contributed by atoms with Crippen molar-refractivity contribution in [1.29, 1.82) is 0 Å². The van der Waals surface area contributed by atoms with E-state index in [-0.39, 0.29) is 11.9 Å². The van der Waals surface area contributed by atoms with Crippen molar-refractivity contribution in [3.63, 3.8) is 0 Å². The number of nitrogens with zero attached hydrogens (tertiary/aromatic N) is 1. The van der Waals surface area contributed by atoms with Crippen LogP contribution in [-0.2, 0) is 10.0 Å². The van der Waals surface area contributed by atoms with Crippen molar-refractivity contribution < 1.29 is 13.2 Å². The Bertz CT molecular complexity index is 1190. The molecule has 0 atom stereocenters. The molecule has 3 aromatic rings. The molecule has 1 aliphatic heterocycles. The Morgan fingerprint density at radius 3 is 2.40 bits per heavy atom. The van der Waals surface area contributed by atoms with Crippen LogP contribution in [0.3, 0.4) is 0 Å². The summed E-state index contributed by atoms with van der Waals surface area (Å²) < 4.78 is 27.6. The van der Waals surface area contributed by atoms with E-state index >= 15 is 0 Å². The molecule has 1 amide bonds. The van der Waals surface area contributed by atoms with Gasteiger partial charge in [0.05, 0.1) is 4.90 Å². The van der Waals surface area contributed by atoms with Crippen LogP contribution in [0.1, 0.15) is 34.3 Å². The molecule has 156 valence electrons. The maximum Gasteiger partial charge on any atom is 0.252 e. The molecule has 0 unspecified atom stereocenters. The first-order chi connectivity index (χ1) is 14.4. The molecule has 0 spiro atoms. The number of hydrogen-bond donors (Lipinski definition) is 1. The summed E-state index contributed by atoms with van der Waals surface area (Å²) in [4.78, 5) is 13.2. The van der Waals surface area contributed by atoms with Gasteiger partial charge in [-0.1, -0.05) is 54.1 Å². The summed E-state index contributed by atoms with van der Waals surface area (Å²) in [6, 6.07) is 18.9. The van der Waals surface area contributed by atoms with Crippen LogP contribution in [0.25, 0.3) is 10.8 Å². The molecule has 1 heterocycles. The number of nitrogens with one attached hydrogen (secondary N) is 1. The molecule has 1 fully saturated rings. The van der Waals surface area contributed by atoms with Gasteiger partial charge < -0.3 is 5.32 Å². The lowest BCUT2D eigenvalue weighted by Crippen LogP contribution is -2.46. The van der Waals surface area contributed by atoms with Crippen LogP contribution < -0.4 is 5.32 Å². The number of amides is 1. The predicted molar refractivity (Wildman–Crippen MR) is 119 cm³/mol. The van der Waals surface area contributed by atoms with Crippen molar-refractivity contribution in [3.8, 4) is 0 Å². The number of benzene rings is 3. The van der Waals surface area contributed by atoms with Gasteiger partial charge in [0.1, 0.15) is 0 Å². The minimum atomic E-state index is -3.52. The molecule has 1 aliphatic rings. The summed E-state index contributed by atoms with van der Waals surface area (Å²) >= 11 is 0. The second kappa shape index (κ2) is 8.20. The van der Waals surface area contributed by atoms with Crippen molar-refractivity contribution in [2.24, 2.45) is 0 Å². The minimum Gasteiger partial charge on any atom is -0.349 e. The highest BCUT2D eigenvalue weighted by atomic mass is 32.2. The molecule has 0 saturated carbocycles. The highest BCUT2D eigenvalue weighted by Crippen LogP contribution is 2.25. The number of piperidine rings is 1. The molecule has 0 bridgehead atoms. The van der Waals surface area contributed by atoms with Gasteiger partial charge in [0.25, 0.3) is 5.91 Å². The van der Waals surface area contributed by atoms with E-state index in [2.05, 4.69) is 5.32 Å². The van der Waals surface area contributed by atoms with E-state index in [1.165, 1.54) is 4.31 Å². The summed E-state index contributed by atoms with van der Waals surface area (Å²) in [5.41, 5.74) is 2.46. The van der Waals surface area contributed by atoms with Gasteiger partial charge >= 0.3 is 0 Å². The number of hydrogen-bond acceptors (Lipinski definition) is 3. The van der Waals surface area contributed by atoms with Gasteiger partial charge in [-0.15, -0.1) is 0 Å². The summed E-state index contributed by atoms with van der Waals surface area (Å²) in [6.45, 7) is 4.58. The van der Waals surface area contributed by atoms with Gasteiger partial charge in [0, 0.05) is 24.7 Å². The molecule has 6 heteroatoms. The van der Waals surface area contributed by atoms with Crippen molar-refractivity contribution >= 4 is 26.7 Å². The molecule has 1 saturated heterocycles. The van der Waals surface area contributed by atoms with E-state index in [0.29, 0.717) is 36.4 Å². The first kappa shape index (κ1) is 20.6. The maximum atomic E-state index is 13.1. The monoisotopic (exact) mass is 422 g/mol. The van der Waals surface area contributed by atoms with Crippen LogP contribution in [0.2, 0.25) is 0 Å². The second-order valence-electron chi connectivity index (χ2n) is 7.95. The lowest BCUT2D eigenvalue weighted by molar-refractivity contribution is 0.0925. The highest BCUT2D eigenvalue weighted by Gasteiger charge is 2.31. The molecular formula is C24H26N2O3S. The average Bonchev–Trinajstić information content (AvgIpc) is 2.73. The van der Waals surface area contributed by atoms with E-state index in [0.717, 1.165) is 21.9 Å². The molecule has 0 aliphatic carbocycles. The van der Waals surface area contributed by atoms with Gasteiger partial charge in [-0.25, -0.2) is 8.42 Å². The number of rotatable bonds is 4. The zero-order valence-electron chi connectivity index (χ0n) is 17.3. The quantitative estimate of drug-likeness (QED) is 0.690.